The molecule has 0 spiro atoms. The van der Waals surface area contributed by atoms with Crippen LogP contribution in [0.3, 0.4) is 0 Å². The molecule has 1 aliphatic rings. The summed E-state index contributed by atoms with van der Waals surface area (Å²) in [7, 11) is 1.42. The highest BCUT2D eigenvalue weighted by molar-refractivity contribution is 7.80. The molecular weight excluding hydrogens is 587 g/mol. The lowest BCUT2D eigenvalue weighted by Gasteiger charge is -2.28. The van der Waals surface area contributed by atoms with Gasteiger partial charge in [-0.1, -0.05) is 23.7 Å². The summed E-state index contributed by atoms with van der Waals surface area (Å²) < 4.78 is 47.3. The first-order valence-electron chi connectivity index (χ1n) is 12.9. The molecule has 0 aliphatic carbocycles. The Morgan fingerprint density at radius 3 is 2.55 bits per heavy atom. The van der Waals surface area contributed by atoms with Gasteiger partial charge in [0.15, 0.2) is 5.11 Å². The van der Waals surface area contributed by atoms with Crippen LogP contribution in [0, 0.1) is 13.8 Å². The summed E-state index contributed by atoms with van der Waals surface area (Å²) in [5.74, 6) is -0.347. The number of alkyl halides is 3. The molecule has 2 aromatic heterocycles. The zero-order chi connectivity index (χ0) is 30.2. The lowest BCUT2D eigenvalue weighted by Crippen LogP contribution is -2.29. The van der Waals surface area contributed by atoms with Gasteiger partial charge in [-0.05, 0) is 86.2 Å². The number of nitrogens with one attached hydrogen (secondary N) is 2. The Balaban J connectivity index is 1.61. The highest BCUT2D eigenvalue weighted by Gasteiger charge is 2.42. The summed E-state index contributed by atoms with van der Waals surface area (Å²) in [6, 6.07) is 17.2. The number of anilines is 2. The monoisotopic (exact) mass is 613 g/mol. The van der Waals surface area contributed by atoms with Crippen LogP contribution in [0.15, 0.2) is 72.9 Å². The third-order valence-electron chi connectivity index (χ3n) is 7.10. The number of methoxy groups -OCH3 is 1. The molecule has 0 bridgehead atoms. The molecule has 2 unspecified atom stereocenters. The second-order valence-corrected chi connectivity index (χ2v) is 10.6. The molecule has 0 radical (unpaired) electrons. The molecular formula is C30H27ClF3N5O2S. The number of halogens is 4. The number of aromatic nitrogens is 2. The number of aryl methyl sites for hydroxylation is 1. The molecule has 1 aliphatic heterocycles. The van der Waals surface area contributed by atoms with Gasteiger partial charge in [0.1, 0.15) is 6.61 Å². The van der Waals surface area contributed by atoms with E-state index in [-0.39, 0.29) is 18.6 Å². The number of rotatable bonds is 7. The molecule has 12 heteroatoms. The second kappa shape index (κ2) is 11.7. The predicted octanol–water partition coefficient (Wildman–Crippen LogP) is 6.92. The van der Waals surface area contributed by atoms with Crippen LogP contribution >= 0.6 is 23.8 Å². The van der Waals surface area contributed by atoms with Gasteiger partial charge in [0.05, 0.1) is 34.1 Å². The summed E-state index contributed by atoms with van der Waals surface area (Å²) in [5, 5.41) is 6.82. The minimum Gasteiger partial charge on any atom is -0.375 e. The number of amides is 1. The molecule has 218 valence electrons. The van der Waals surface area contributed by atoms with Gasteiger partial charge in [-0.15, -0.1) is 0 Å². The molecule has 0 saturated carbocycles. The lowest BCUT2D eigenvalue weighted by atomic mass is 9.96. The molecule has 1 fully saturated rings. The van der Waals surface area contributed by atoms with Crippen LogP contribution in [0.5, 0.6) is 0 Å². The average Bonchev–Trinajstić information content (AvgIpc) is 3.44. The maximum absolute atomic E-state index is 13.5. The van der Waals surface area contributed by atoms with E-state index >= 15 is 0 Å². The van der Waals surface area contributed by atoms with E-state index in [0.29, 0.717) is 27.2 Å². The Morgan fingerprint density at radius 2 is 1.88 bits per heavy atom. The summed E-state index contributed by atoms with van der Waals surface area (Å²) in [6.07, 6.45) is -2.77. The fourth-order valence-corrected chi connectivity index (χ4v) is 5.90. The molecule has 7 nitrogen and oxygen atoms in total. The Bertz CT molecular complexity index is 1640. The van der Waals surface area contributed by atoms with Crippen LogP contribution in [0.1, 0.15) is 40.3 Å². The van der Waals surface area contributed by atoms with Crippen LogP contribution < -0.4 is 15.5 Å². The fourth-order valence-electron chi connectivity index (χ4n) is 5.33. The van der Waals surface area contributed by atoms with Crippen LogP contribution in [-0.4, -0.2) is 34.3 Å². The van der Waals surface area contributed by atoms with Crippen molar-refractivity contribution in [3.63, 3.8) is 0 Å². The number of benzene rings is 2. The Kier molecular flexibility index (Phi) is 8.27. The molecule has 5 rings (SSSR count). The Morgan fingerprint density at radius 1 is 1.10 bits per heavy atom. The van der Waals surface area contributed by atoms with Gasteiger partial charge in [-0.3, -0.25) is 9.78 Å². The molecule has 42 heavy (non-hydrogen) atoms. The van der Waals surface area contributed by atoms with E-state index in [9.17, 15) is 18.0 Å². The van der Waals surface area contributed by atoms with Crippen molar-refractivity contribution >= 4 is 46.2 Å². The van der Waals surface area contributed by atoms with Gasteiger partial charge < -0.3 is 24.8 Å². The molecule has 4 aromatic rings. The molecule has 2 aromatic carbocycles. The first-order valence-corrected chi connectivity index (χ1v) is 13.7. The third kappa shape index (κ3) is 5.72. The van der Waals surface area contributed by atoms with Crippen molar-refractivity contribution in [2.45, 2.75) is 32.1 Å². The molecule has 1 saturated heterocycles. The number of carbonyl (C=O) groups excluding carboxylic acids is 1. The van der Waals surface area contributed by atoms with Crippen LogP contribution in [0.25, 0.3) is 5.69 Å². The maximum Gasteiger partial charge on any atom is 0.416 e. The van der Waals surface area contributed by atoms with Crippen LogP contribution in [0.2, 0.25) is 5.02 Å². The highest BCUT2D eigenvalue weighted by Crippen LogP contribution is 2.45. The van der Waals surface area contributed by atoms with Crippen molar-refractivity contribution in [2.24, 2.45) is 0 Å². The zero-order valence-electron chi connectivity index (χ0n) is 22.9. The first kappa shape index (κ1) is 29.6. The van der Waals surface area contributed by atoms with Crippen LogP contribution in [-0.2, 0) is 15.7 Å². The van der Waals surface area contributed by atoms with E-state index in [1.165, 1.54) is 13.2 Å². The minimum absolute atomic E-state index is 0.118. The standard InChI is InChI=1S/C30H27ClF3N5O2S/c1-17-13-22(18(2)38(17)20-8-6-7-19(14-20)30(32,33)34)28-27(25-9-4-5-12-35-25)37-29(42)39(28)21-10-11-24(23(31)15-21)36-26(40)16-41-3/h4-15,27-28H,16H2,1-3H3,(H,36,40)(H,37,42). The highest BCUT2D eigenvalue weighted by atomic mass is 35.5. The van der Waals surface area contributed by atoms with Crippen molar-refractivity contribution < 1.29 is 22.7 Å². The summed E-state index contributed by atoms with van der Waals surface area (Å²) in [6.45, 7) is 3.61. The van der Waals surface area contributed by atoms with Gasteiger partial charge in [0, 0.05) is 36.1 Å². The van der Waals surface area contributed by atoms with E-state index in [0.717, 1.165) is 34.8 Å². The van der Waals surface area contributed by atoms with Crippen molar-refractivity contribution in [3.8, 4) is 5.69 Å². The minimum atomic E-state index is -4.47. The van der Waals surface area contributed by atoms with Crippen molar-refractivity contribution in [3.05, 3.63) is 106 Å². The topological polar surface area (TPSA) is 71.4 Å². The number of hydrogen-bond donors (Lipinski definition) is 2. The SMILES string of the molecule is COCC(=O)Nc1ccc(N2C(=S)NC(c3ccccn3)C2c2cc(C)n(-c3cccc(C(F)(F)F)c3)c2C)cc1Cl. The van der Waals surface area contributed by atoms with Gasteiger partial charge in [-0.25, -0.2) is 0 Å². The maximum atomic E-state index is 13.5. The van der Waals surface area contributed by atoms with Crippen molar-refractivity contribution in [1.29, 1.82) is 0 Å². The average molecular weight is 614 g/mol. The first-order chi connectivity index (χ1) is 20.0. The van der Waals surface area contributed by atoms with E-state index in [4.69, 9.17) is 28.6 Å². The summed E-state index contributed by atoms with van der Waals surface area (Å²) in [4.78, 5) is 18.5. The number of nitrogens with zero attached hydrogens (tertiary/aromatic N) is 3. The van der Waals surface area contributed by atoms with Crippen molar-refractivity contribution in [2.75, 3.05) is 23.9 Å². The fraction of sp³-hybridized carbons (Fsp3) is 0.233. The number of carbonyl (C=O) groups is 1. The number of hydrogen-bond acceptors (Lipinski definition) is 4. The zero-order valence-corrected chi connectivity index (χ0v) is 24.4. The predicted molar refractivity (Wildman–Crippen MR) is 160 cm³/mol. The number of pyridine rings is 1. The largest absolute Gasteiger partial charge is 0.416 e. The van der Waals surface area contributed by atoms with E-state index in [1.807, 2.05) is 43.0 Å². The third-order valence-corrected chi connectivity index (χ3v) is 7.73. The Hall–Kier alpha value is -3.93. The van der Waals surface area contributed by atoms with Gasteiger partial charge >= 0.3 is 6.18 Å². The van der Waals surface area contributed by atoms with E-state index < -0.39 is 17.8 Å². The van der Waals surface area contributed by atoms with E-state index in [1.54, 1.807) is 35.0 Å². The molecule has 2 N–H and O–H groups in total. The quantitative estimate of drug-likeness (QED) is 0.221. The van der Waals surface area contributed by atoms with Crippen molar-refractivity contribution in [1.82, 2.24) is 14.9 Å². The number of ether oxygens (including phenoxy) is 1. The summed E-state index contributed by atoms with van der Waals surface area (Å²) in [5.41, 5.74) is 3.86. The molecule has 2 atom stereocenters. The normalized spacial score (nSPS) is 16.9. The molecule has 1 amide bonds. The smallest absolute Gasteiger partial charge is 0.375 e. The van der Waals surface area contributed by atoms with E-state index in [2.05, 4.69) is 15.6 Å². The van der Waals surface area contributed by atoms with Gasteiger partial charge in [-0.2, -0.15) is 13.2 Å². The summed E-state index contributed by atoms with van der Waals surface area (Å²) >= 11 is 12.4. The van der Waals surface area contributed by atoms with Gasteiger partial charge in [0.25, 0.3) is 0 Å². The second-order valence-electron chi connectivity index (χ2n) is 9.85. The van der Waals surface area contributed by atoms with Crippen LogP contribution in [0.4, 0.5) is 24.5 Å². The Labute approximate surface area is 251 Å². The number of thiocarbonyl (C=S) groups is 1. The lowest BCUT2D eigenvalue weighted by molar-refractivity contribution is -0.137. The molecule has 3 heterocycles. The van der Waals surface area contributed by atoms with Gasteiger partial charge in [0.2, 0.25) is 5.91 Å².